The molecule has 2 rings (SSSR count). The topological polar surface area (TPSA) is 29.1 Å². The second kappa shape index (κ2) is 6.99. The fourth-order valence-electron chi connectivity index (χ4n) is 1.73. The predicted octanol–water partition coefficient (Wildman–Crippen LogP) is 5.61. The van der Waals surface area contributed by atoms with Crippen LogP contribution in [-0.2, 0) is 4.79 Å². The number of nitrogens with one attached hydrogen (secondary N) is 1. The van der Waals surface area contributed by atoms with E-state index in [9.17, 15) is 4.79 Å². The second-order valence-electron chi connectivity index (χ2n) is 4.42. The number of anilines is 1. The summed E-state index contributed by atoms with van der Waals surface area (Å²) < 4.78 is 0. The predicted molar refractivity (Wildman–Crippen MR) is 90.3 cm³/mol. The molecule has 0 aliphatic rings. The van der Waals surface area contributed by atoms with Gasteiger partial charge in [0.05, 0.1) is 0 Å². The summed E-state index contributed by atoms with van der Waals surface area (Å²) in [6.07, 6.45) is 2.97. The van der Waals surface area contributed by atoms with Crippen LogP contribution >= 0.6 is 34.8 Å². The average molecular weight is 341 g/mol. The standard InChI is InChI=1S/C16H12Cl3NO/c1-10-5-6-11(17)9-15(10)20-16(21)8-7-12-13(18)3-2-4-14(12)19/h2-9H,1H3,(H,20,21)/b8-7+. The number of benzene rings is 2. The Hall–Kier alpha value is -1.48. The van der Waals surface area contributed by atoms with Crippen LogP contribution in [0.5, 0.6) is 0 Å². The number of rotatable bonds is 3. The van der Waals surface area contributed by atoms with E-state index >= 15 is 0 Å². The van der Waals surface area contributed by atoms with Gasteiger partial charge in [0.25, 0.3) is 0 Å². The van der Waals surface area contributed by atoms with Crippen molar-refractivity contribution < 1.29 is 4.79 Å². The molecule has 0 saturated carbocycles. The van der Waals surface area contributed by atoms with Gasteiger partial charge in [-0.2, -0.15) is 0 Å². The van der Waals surface area contributed by atoms with Gasteiger partial charge in [0.15, 0.2) is 0 Å². The molecule has 0 radical (unpaired) electrons. The Balaban J connectivity index is 2.15. The molecule has 2 aromatic carbocycles. The molecule has 2 aromatic rings. The fourth-order valence-corrected chi connectivity index (χ4v) is 2.43. The zero-order valence-corrected chi connectivity index (χ0v) is 13.4. The van der Waals surface area contributed by atoms with Crippen LogP contribution < -0.4 is 5.32 Å². The summed E-state index contributed by atoms with van der Waals surface area (Å²) in [6, 6.07) is 10.5. The molecule has 0 unspecified atom stereocenters. The van der Waals surface area contributed by atoms with Gasteiger partial charge in [-0.05, 0) is 42.8 Å². The van der Waals surface area contributed by atoms with Crippen LogP contribution in [0.3, 0.4) is 0 Å². The van der Waals surface area contributed by atoms with Crippen molar-refractivity contribution in [3.8, 4) is 0 Å². The smallest absolute Gasteiger partial charge is 0.248 e. The van der Waals surface area contributed by atoms with E-state index in [2.05, 4.69) is 5.32 Å². The number of carbonyl (C=O) groups excluding carboxylic acids is 1. The van der Waals surface area contributed by atoms with Gasteiger partial charge < -0.3 is 5.32 Å². The second-order valence-corrected chi connectivity index (χ2v) is 5.67. The molecule has 0 aliphatic carbocycles. The number of hydrogen-bond donors (Lipinski definition) is 1. The van der Waals surface area contributed by atoms with Gasteiger partial charge in [-0.25, -0.2) is 0 Å². The summed E-state index contributed by atoms with van der Waals surface area (Å²) in [5.74, 6) is -0.281. The summed E-state index contributed by atoms with van der Waals surface area (Å²) in [5.41, 5.74) is 2.21. The maximum atomic E-state index is 11.9. The minimum absolute atomic E-state index is 0.281. The SMILES string of the molecule is Cc1ccc(Cl)cc1NC(=O)/C=C/c1c(Cl)cccc1Cl. The van der Waals surface area contributed by atoms with E-state index in [0.717, 1.165) is 5.56 Å². The third kappa shape index (κ3) is 4.24. The Morgan fingerprint density at radius 1 is 1.10 bits per heavy atom. The van der Waals surface area contributed by atoms with E-state index in [0.29, 0.717) is 26.3 Å². The Morgan fingerprint density at radius 2 is 1.76 bits per heavy atom. The molecule has 0 saturated heterocycles. The lowest BCUT2D eigenvalue weighted by Gasteiger charge is -2.07. The number of carbonyl (C=O) groups is 1. The molecule has 0 aliphatic heterocycles. The molecule has 0 bridgehead atoms. The molecule has 21 heavy (non-hydrogen) atoms. The highest BCUT2D eigenvalue weighted by atomic mass is 35.5. The number of aryl methyl sites for hydroxylation is 1. The maximum Gasteiger partial charge on any atom is 0.248 e. The van der Waals surface area contributed by atoms with Crippen molar-refractivity contribution in [2.45, 2.75) is 6.92 Å². The van der Waals surface area contributed by atoms with Crippen LogP contribution in [0.2, 0.25) is 15.1 Å². The van der Waals surface area contributed by atoms with E-state index in [1.54, 1.807) is 36.4 Å². The summed E-state index contributed by atoms with van der Waals surface area (Å²) in [5, 5.41) is 4.31. The Bertz CT molecular complexity index is 690. The molecular formula is C16H12Cl3NO. The van der Waals surface area contributed by atoms with E-state index in [4.69, 9.17) is 34.8 Å². The molecular weight excluding hydrogens is 329 g/mol. The van der Waals surface area contributed by atoms with E-state index in [1.165, 1.54) is 6.08 Å². The molecule has 108 valence electrons. The van der Waals surface area contributed by atoms with Crippen LogP contribution in [0.15, 0.2) is 42.5 Å². The van der Waals surface area contributed by atoms with Crippen LogP contribution in [0.25, 0.3) is 6.08 Å². The highest BCUT2D eigenvalue weighted by Gasteiger charge is 2.05. The molecule has 1 N–H and O–H groups in total. The van der Waals surface area contributed by atoms with Crippen molar-refractivity contribution in [2.75, 3.05) is 5.32 Å². The first-order valence-electron chi connectivity index (χ1n) is 6.16. The summed E-state index contributed by atoms with van der Waals surface area (Å²) in [6.45, 7) is 1.89. The first kappa shape index (κ1) is 15.9. The molecule has 5 heteroatoms. The molecule has 2 nitrogen and oxygen atoms in total. The van der Waals surface area contributed by atoms with Crippen molar-refractivity contribution >= 4 is 52.5 Å². The van der Waals surface area contributed by atoms with Gasteiger partial charge in [-0.1, -0.05) is 46.9 Å². The summed E-state index contributed by atoms with van der Waals surface area (Å²) in [4.78, 5) is 11.9. The highest BCUT2D eigenvalue weighted by Crippen LogP contribution is 2.25. The third-order valence-electron chi connectivity index (χ3n) is 2.86. The van der Waals surface area contributed by atoms with Gasteiger partial charge in [-0.3, -0.25) is 4.79 Å². The van der Waals surface area contributed by atoms with Crippen LogP contribution in [-0.4, -0.2) is 5.91 Å². The van der Waals surface area contributed by atoms with Crippen molar-refractivity contribution in [1.29, 1.82) is 0 Å². The fraction of sp³-hybridized carbons (Fsp3) is 0.0625. The van der Waals surface area contributed by atoms with Crippen molar-refractivity contribution in [3.05, 3.63) is 68.7 Å². The van der Waals surface area contributed by atoms with Crippen LogP contribution in [0.1, 0.15) is 11.1 Å². The van der Waals surface area contributed by atoms with Gasteiger partial charge in [0.1, 0.15) is 0 Å². The zero-order chi connectivity index (χ0) is 15.4. The van der Waals surface area contributed by atoms with E-state index < -0.39 is 0 Å². The Labute approximate surface area is 138 Å². The number of amides is 1. The first-order valence-corrected chi connectivity index (χ1v) is 7.30. The van der Waals surface area contributed by atoms with Crippen LogP contribution in [0.4, 0.5) is 5.69 Å². The third-order valence-corrected chi connectivity index (χ3v) is 3.75. The molecule has 0 heterocycles. The minimum atomic E-state index is -0.281. The summed E-state index contributed by atoms with van der Waals surface area (Å²) >= 11 is 18.0. The Morgan fingerprint density at radius 3 is 2.43 bits per heavy atom. The van der Waals surface area contributed by atoms with Crippen molar-refractivity contribution in [3.63, 3.8) is 0 Å². The maximum absolute atomic E-state index is 11.9. The molecule has 0 fully saturated rings. The van der Waals surface area contributed by atoms with Gasteiger partial charge in [0, 0.05) is 32.4 Å². The van der Waals surface area contributed by atoms with Gasteiger partial charge in [-0.15, -0.1) is 0 Å². The minimum Gasteiger partial charge on any atom is -0.322 e. The number of halogens is 3. The van der Waals surface area contributed by atoms with Gasteiger partial charge in [0.2, 0.25) is 5.91 Å². The van der Waals surface area contributed by atoms with Crippen molar-refractivity contribution in [2.24, 2.45) is 0 Å². The molecule has 1 amide bonds. The number of hydrogen-bond acceptors (Lipinski definition) is 1. The highest BCUT2D eigenvalue weighted by molar-refractivity contribution is 6.37. The van der Waals surface area contributed by atoms with E-state index in [1.807, 2.05) is 13.0 Å². The van der Waals surface area contributed by atoms with Crippen LogP contribution in [0, 0.1) is 6.92 Å². The largest absolute Gasteiger partial charge is 0.322 e. The molecule has 0 atom stereocenters. The summed E-state index contributed by atoms with van der Waals surface area (Å²) in [7, 11) is 0. The monoisotopic (exact) mass is 339 g/mol. The zero-order valence-electron chi connectivity index (χ0n) is 11.2. The van der Waals surface area contributed by atoms with E-state index in [-0.39, 0.29) is 5.91 Å². The quantitative estimate of drug-likeness (QED) is 0.723. The lowest BCUT2D eigenvalue weighted by atomic mass is 10.2. The average Bonchev–Trinajstić information content (AvgIpc) is 2.42. The lowest BCUT2D eigenvalue weighted by Crippen LogP contribution is -2.08. The normalized spacial score (nSPS) is 10.9. The Kier molecular flexibility index (Phi) is 5.29. The lowest BCUT2D eigenvalue weighted by molar-refractivity contribution is -0.111. The molecule has 0 aromatic heterocycles. The van der Waals surface area contributed by atoms with Gasteiger partial charge >= 0.3 is 0 Å². The van der Waals surface area contributed by atoms with Crippen molar-refractivity contribution in [1.82, 2.24) is 0 Å². The first-order chi connectivity index (χ1) is 9.97. The molecule has 0 spiro atoms.